The zero-order valence-electron chi connectivity index (χ0n) is 16.2. The summed E-state index contributed by atoms with van der Waals surface area (Å²) in [5.74, 6) is 2.32. The quantitative estimate of drug-likeness (QED) is 0.358. The predicted molar refractivity (Wildman–Crippen MR) is 121 cm³/mol. The highest BCUT2D eigenvalue weighted by molar-refractivity contribution is 6.00. The van der Waals surface area contributed by atoms with Gasteiger partial charge < -0.3 is 10.1 Å². The standard InChI is InChI=1S/C26H19N3O/c1-3-9-19(10-4-1)25-23-13-7-8-14-24(23)26(29-28-25)27-20-15-17-22(18-16-20)30-21-11-5-2-6-12-21/h1-18H,(H,27,29). The fraction of sp³-hybridized carbons (Fsp3) is 0. The average Bonchev–Trinajstić information content (AvgIpc) is 2.82. The van der Waals surface area contributed by atoms with E-state index < -0.39 is 0 Å². The highest BCUT2D eigenvalue weighted by Gasteiger charge is 2.11. The predicted octanol–water partition coefficient (Wildman–Crippen LogP) is 6.83. The molecule has 5 rings (SSSR count). The van der Waals surface area contributed by atoms with Crippen LogP contribution in [0, 0.1) is 0 Å². The van der Waals surface area contributed by atoms with Gasteiger partial charge in [0.15, 0.2) is 5.82 Å². The molecule has 30 heavy (non-hydrogen) atoms. The molecule has 0 saturated carbocycles. The van der Waals surface area contributed by atoms with Gasteiger partial charge in [0.05, 0.1) is 0 Å². The van der Waals surface area contributed by atoms with E-state index in [9.17, 15) is 0 Å². The summed E-state index contributed by atoms with van der Waals surface area (Å²) in [5, 5.41) is 14.5. The average molecular weight is 389 g/mol. The molecule has 1 heterocycles. The number of para-hydroxylation sites is 1. The van der Waals surface area contributed by atoms with Crippen molar-refractivity contribution in [3.05, 3.63) is 109 Å². The summed E-state index contributed by atoms with van der Waals surface area (Å²) in [7, 11) is 0. The molecule has 0 fully saturated rings. The van der Waals surface area contributed by atoms with Gasteiger partial charge in [-0.1, -0.05) is 72.8 Å². The first-order valence-corrected chi connectivity index (χ1v) is 9.78. The molecule has 5 aromatic rings. The Balaban J connectivity index is 1.43. The third kappa shape index (κ3) is 3.71. The van der Waals surface area contributed by atoms with Crippen molar-refractivity contribution < 1.29 is 4.74 Å². The molecule has 0 aliphatic carbocycles. The van der Waals surface area contributed by atoms with E-state index in [1.807, 2.05) is 84.9 Å². The summed E-state index contributed by atoms with van der Waals surface area (Å²) >= 11 is 0. The lowest BCUT2D eigenvalue weighted by molar-refractivity contribution is 0.483. The van der Waals surface area contributed by atoms with Gasteiger partial charge >= 0.3 is 0 Å². The van der Waals surface area contributed by atoms with Crippen LogP contribution >= 0.6 is 0 Å². The number of ether oxygens (including phenoxy) is 1. The summed E-state index contributed by atoms with van der Waals surface area (Å²) in [6.07, 6.45) is 0. The van der Waals surface area contributed by atoms with Crippen LogP contribution in [0.1, 0.15) is 0 Å². The molecule has 4 nitrogen and oxygen atoms in total. The third-order valence-electron chi connectivity index (χ3n) is 4.83. The van der Waals surface area contributed by atoms with Gasteiger partial charge in [-0.05, 0) is 36.4 Å². The molecule has 4 aromatic carbocycles. The van der Waals surface area contributed by atoms with Crippen molar-refractivity contribution in [3.63, 3.8) is 0 Å². The topological polar surface area (TPSA) is 47.0 Å². The van der Waals surface area contributed by atoms with Gasteiger partial charge in [0.2, 0.25) is 0 Å². The van der Waals surface area contributed by atoms with E-state index in [-0.39, 0.29) is 0 Å². The second-order valence-corrected chi connectivity index (χ2v) is 6.87. The first-order valence-electron chi connectivity index (χ1n) is 9.78. The van der Waals surface area contributed by atoms with E-state index >= 15 is 0 Å². The van der Waals surface area contributed by atoms with Crippen LogP contribution in [0.4, 0.5) is 11.5 Å². The molecule has 1 aromatic heterocycles. The van der Waals surface area contributed by atoms with Crippen LogP contribution in [0.25, 0.3) is 22.0 Å². The Kier molecular flexibility index (Phi) is 4.80. The van der Waals surface area contributed by atoms with Crippen LogP contribution in [-0.2, 0) is 0 Å². The van der Waals surface area contributed by atoms with Gasteiger partial charge in [-0.15, -0.1) is 10.2 Å². The molecular weight excluding hydrogens is 370 g/mol. The van der Waals surface area contributed by atoms with E-state index in [4.69, 9.17) is 4.74 Å². The van der Waals surface area contributed by atoms with Gasteiger partial charge in [-0.2, -0.15) is 0 Å². The number of anilines is 2. The second kappa shape index (κ2) is 8.05. The molecule has 144 valence electrons. The summed E-state index contributed by atoms with van der Waals surface area (Å²) in [6.45, 7) is 0. The minimum Gasteiger partial charge on any atom is -0.457 e. The molecule has 0 aliphatic rings. The van der Waals surface area contributed by atoms with E-state index in [1.165, 1.54) is 0 Å². The Morgan fingerprint density at radius 3 is 1.87 bits per heavy atom. The fourth-order valence-corrected chi connectivity index (χ4v) is 3.37. The SMILES string of the molecule is c1ccc(Oc2ccc(Nc3nnc(-c4ccccc4)c4ccccc34)cc2)cc1. The molecule has 0 saturated heterocycles. The Morgan fingerprint density at radius 2 is 1.13 bits per heavy atom. The highest BCUT2D eigenvalue weighted by atomic mass is 16.5. The van der Waals surface area contributed by atoms with E-state index in [2.05, 4.69) is 39.8 Å². The van der Waals surface area contributed by atoms with Crippen LogP contribution in [0.3, 0.4) is 0 Å². The molecule has 0 spiro atoms. The summed E-state index contributed by atoms with van der Waals surface area (Å²) < 4.78 is 5.86. The van der Waals surface area contributed by atoms with Crippen molar-refractivity contribution in [1.82, 2.24) is 10.2 Å². The Hall–Kier alpha value is -4.18. The van der Waals surface area contributed by atoms with Gasteiger partial charge in [-0.3, -0.25) is 0 Å². The second-order valence-electron chi connectivity index (χ2n) is 6.87. The number of aromatic nitrogens is 2. The van der Waals surface area contributed by atoms with Crippen LogP contribution in [0.5, 0.6) is 11.5 Å². The van der Waals surface area contributed by atoms with Crippen molar-refractivity contribution in [2.24, 2.45) is 0 Å². The number of rotatable bonds is 5. The zero-order chi connectivity index (χ0) is 20.2. The van der Waals surface area contributed by atoms with Crippen molar-refractivity contribution >= 4 is 22.3 Å². The lowest BCUT2D eigenvalue weighted by Crippen LogP contribution is -1.99. The van der Waals surface area contributed by atoms with Crippen molar-refractivity contribution in [1.29, 1.82) is 0 Å². The summed E-state index contributed by atoms with van der Waals surface area (Å²) in [5.41, 5.74) is 2.85. The minimum absolute atomic E-state index is 0.724. The van der Waals surface area contributed by atoms with Gasteiger partial charge in [0.25, 0.3) is 0 Å². The number of hydrogen-bond acceptors (Lipinski definition) is 4. The van der Waals surface area contributed by atoms with E-state index in [1.54, 1.807) is 0 Å². The molecule has 0 aliphatic heterocycles. The summed E-state index contributed by atoms with van der Waals surface area (Å²) in [6, 6.07) is 35.8. The van der Waals surface area contributed by atoms with Crippen molar-refractivity contribution in [2.75, 3.05) is 5.32 Å². The smallest absolute Gasteiger partial charge is 0.161 e. The lowest BCUT2D eigenvalue weighted by Gasteiger charge is -2.12. The van der Waals surface area contributed by atoms with Gasteiger partial charge in [-0.25, -0.2) is 0 Å². The fourth-order valence-electron chi connectivity index (χ4n) is 3.37. The number of hydrogen-bond donors (Lipinski definition) is 1. The molecule has 1 N–H and O–H groups in total. The largest absolute Gasteiger partial charge is 0.457 e. The monoisotopic (exact) mass is 389 g/mol. The highest BCUT2D eigenvalue weighted by Crippen LogP contribution is 2.31. The molecule has 0 unspecified atom stereocenters. The molecule has 0 amide bonds. The number of fused-ring (bicyclic) bond motifs is 1. The first kappa shape index (κ1) is 17.9. The zero-order valence-corrected chi connectivity index (χ0v) is 16.2. The third-order valence-corrected chi connectivity index (χ3v) is 4.83. The van der Waals surface area contributed by atoms with Crippen molar-refractivity contribution in [2.45, 2.75) is 0 Å². The normalized spacial score (nSPS) is 10.7. The number of nitrogens with one attached hydrogen (secondary N) is 1. The van der Waals surface area contributed by atoms with Gasteiger partial charge in [0.1, 0.15) is 17.2 Å². The molecule has 0 radical (unpaired) electrons. The van der Waals surface area contributed by atoms with E-state index in [0.717, 1.165) is 45.0 Å². The van der Waals surface area contributed by atoms with Crippen LogP contribution < -0.4 is 10.1 Å². The first-order chi connectivity index (χ1) is 14.9. The van der Waals surface area contributed by atoms with Crippen LogP contribution in [0.2, 0.25) is 0 Å². The van der Waals surface area contributed by atoms with Crippen LogP contribution in [-0.4, -0.2) is 10.2 Å². The lowest BCUT2D eigenvalue weighted by atomic mass is 10.0. The molecule has 4 heteroatoms. The summed E-state index contributed by atoms with van der Waals surface area (Å²) in [4.78, 5) is 0. The van der Waals surface area contributed by atoms with E-state index in [0.29, 0.717) is 0 Å². The number of benzene rings is 4. The minimum atomic E-state index is 0.724. The van der Waals surface area contributed by atoms with Crippen LogP contribution in [0.15, 0.2) is 109 Å². The maximum absolute atomic E-state index is 5.86. The van der Waals surface area contributed by atoms with Gasteiger partial charge in [0, 0.05) is 22.0 Å². The van der Waals surface area contributed by atoms with Crippen molar-refractivity contribution in [3.8, 4) is 22.8 Å². The molecular formula is C26H19N3O. The maximum atomic E-state index is 5.86. The Morgan fingerprint density at radius 1 is 0.533 bits per heavy atom. The Bertz CT molecular complexity index is 1270. The maximum Gasteiger partial charge on any atom is 0.161 e. The number of nitrogens with zero attached hydrogens (tertiary/aromatic N) is 2. The molecule has 0 atom stereocenters. The Labute approximate surface area is 174 Å². The molecule has 0 bridgehead atoms.